The molecule has 3 rings (SSSR count). The van der Waals surface area contributed by atoms with Crippen molar-refractivity contribution in [1.29, 1.82) is 0 Å². The van der Waals surface area contributed by atoms with Crippen LogP contribution in [0.5, 0.6) is 0 Å². The maximum Gasteiger partial charge on any atom is 0.264 e. The zero-order valence-corrected chi connectivity index (χ0v) is 14.6. The standard InChI is InChI=1S/C20H23N3O2/c1-15(23(2)17-11-7-4-8-12-17)14-21-20(24)19-13-18(22-25-19)16-9-5-3-6-10-16/h3-12,15,19H,13-14H2,1-2H3,(H,21,24)/t15-,19-/m1/s1. The Balaban J connectivity index is 1.49. The maximum atomic E-state index is 12.4. The molecule has 0 spiro atoms. The van der Waals surface area contributed by atoms with E-state index in [0.29, 0.717) is 13.0 Å². The van der Waals surface area contributed by atoms with E-state index in [1.54, 1.807) is 0 Å². The predicted octanol–water partition coefficient (Wildman–Crippen LogP) is 2.82. The van der Waals surface area contributed by atoms with Crippen molar-refractivity contribution in [3.8, 4) is 0 Å². The van der Waals surface area contributed by atoms with E-state index in [1.165, 1.54) is 0 Å². The first-order chi connectivity index (χ1) is 12.1. The lowest BCUT2D eigenvalue weighted by molar-refractivity contribution is -0.131. The van der Waals surface area contributed by atoms with Gasteiger partial charge in [0.15, 0.2) is 0 Å². The highest BCUT2D eigenvalue weighted by atomic mass is 16.6. The number of amides is 1. The molecule has 0 bridgehead atoms. The van der Waals surface area contributed by atoms with E-state index in [0.717, 1.165) is 17.0 Å². The number of anilines is 1. The topological polar surface area (TPSA) is 53.9 Å². The van der Waals surface area contributed by atoms with Gasteiger partial charge in [0.2, 0.25) is 6.10 Å². The fraction of sp³-hybridized carbons (Fsp3) is 0.300. The second-order valence-electron chi connectivity index (χ2n) is 6.24. The van der Waals surface area contributed by atoms with Crippen molar-refractivity contribution in [2.75, 3.05) is 18.5 Å². The largest absolute Gasteiger partial charge is 0.382 e. The molecule has 1 aliphatic heterocycles. The van der Waals surface area contributed by atoms with E-state index in [-0.39, 0.29) is 11.9 Å². The normalized spacial score (nSPS) is 17.4. The lowest BCUT2D eigenvalue weighted by atomic mass is 10.0. The molecule has 0 saturated carbocycles. The number of hydrogen-bond donors (Lipinski definition) is 1. The van der Waals surface area contributed by atoms with Crippen molar-refractivity contribution in [1.82, 2.24) is 5.32 Å². The first-order valence-corrected chi connectivity index (χ1v) is 8.49. The molecular formula is C20H23N3O2. The van der Waals surface area contributed by atoms with Gasteiger partial charge in [0.25, 0.3) is 5.91 Å². The smallest absolute Gasteiger partial charge is 0.264 e. The van der Waals surface area contributed by atoms with Gasteiger partial charge < -0.3 is 15.1 Å². The highest BCUT2D eigenvalue weighted by Crippen LogP contribution is 2.17. The van der Waals surface area contributed by atoms with Gasteiger partial charge in [-0.3, -0.25) is 4.79 Å². The molecule has 0 saturated heterocycles. The van der Waals surface area contributed by atoms with Gasteiger partial charge in [0, 0.05) is 31.7 Å². The molecule has 2 aromatic carbocycles. The average molecular weight is 337 g/mol. The van der Waals surface area contributed by atoms with Crippen LogP contribution in [0.3, 0.4) is 0 Å². The second-order valence-corrected chi connectivity index (χ2v) is 6.24. The molecule has 0 aliphatic carbocycles. The molecule has 0 aromatic heterocycles. The van der Waals surface area contributed by atoms with Crippen LogP contribution in [0, 0.1) is 0 Å². The van der Waals surface area contributed by atoms with Crippen LogP contribution >= 0.6 is 0 Å². The van der Waals surface area contributed by atoms with E-state index in [2.05, 4.69) is 34.4 Å². The summed E-state index contributed by atoms with van der Waals surface area (Å²) in [5.41, 5.74) is 2.93. The van der Waals surface area contributed by atoms with Gasteiger partial charge in [-0.05, 0) is 24.6 Å². The summed E-state index contributed by atoms with van der Waals surface area (Å²) >= 11 is 0. The van der Waals surface area contributed by atoms with Crippen molar-refractivity contribution in [3.63, 3.8) is 0 Å². The van der Waals surface area contributed by atoms with Crippen LogP contribution in [0.1, 0.15) is 18.9 Å². The molecule has 130 valence electrons. The molecule has 2 atom stereocenters. The van der Waals surface area contributed by atoms with Crippen LogP contribution < -0.4 is 10.2 Å². The minimum atomic E-state index is -0.551. The lowest BCUT2D eigenvalue weighted by Gasteiger charge is -2.27. The van der Waals surface area contributed by atoms with Gasteiger partial charge >= 0.3 is 0 Å². The number of para-hydroxylation sites is 1. The van der Waals surface area contributed by atoms with Crippen LogP contribution in [0.15, 0.2) is 65.8 Å². The molecule has 0 unspecified atom stereocenters. The molecule has 1 aliphatic rings. The van der Waals surface area contributed by atoms with Crippen molar-refractivity contribution in [2.45, 2.75) is 25.5 Å². The maximum absolute atomic E-state index is 12.4. The molecule has 5 heteroatoms. The third-order valence-corrected chi connectivity index (χ3v) is 4.46. The first-order valence-electron chi connectivity index (χ1n) is 8.49. The van der Waals surface area contributed by atoms with Gasteiger partial charge in [0.05, 0.1) is 5.71 Å². The number of nitrogens with one attached hydrogen (secondary N) is 1. The SMILES string of the molecule is C[C@H](CNC(=O)[C@H]1CC(c2ccccc2)=NO1)N(C)c1ccccc1. The highest BCUT2D eigenvalue weighted by Gasteiger charge is 2.29. The first kappa shape index (κ1) is 17.0. The summed E-state index contributed by atoms with van der Waals surface area (Å²) in [6.07, 6.45) is -0.0527. The molecule has 1 N–H and O–H groups in total. The molecule has 1 amide bonds. The van der Waals surface area contributed by atoms with Crippen LogP contribution in [-0.2, 0) is 9.63 Å². The van der Waals surface area contributed by atoms with Gasteiger partial charge in [-0.1, -0.05) is 53.7 Å². The number of carbonyl (C=O) groups is 1. The molecule has 0 radical (unpaired) electrons. The monoisotopic (exact) mass is 337 g/mol. The molecule has 1 heterocycles. The Morgan fingerprint density at radius 1 is 1.20 bits per heavy atom. The summed E-state index contributed by atoms with van der Waals surface area (Å²) in [5.74, 6) is -0.122. The number of nitrogens with zero attached hydrogens (tertiary/aromatic N) is 2. The summed E-state index contributed by atoms with van der Waals surface area (Å²) in [6, 6.07) is 20.1. The second kappa shape index (κ2) is 7.83. The van der Waals surface area contributed by atoms with Gasteiger partial charge in [-0.15, -0.1) is 0 Å². The zero-order valence-electron chi connectivity index (χ0n) is 14.6. The van der Waals surface area contributed by atoms with Crippen LogP contribution in [-0.4, -0.2) is 37.4 Å². The van der Waals surface area contributed by atoms with Gasteiger partial charge in [-0.2, -0.15) is 0 Å². The third-order valence-electron chi connectivity index (χ3n) is 4.46. The number of oxime groups is 1. The Labute approximate surface area is 148 Å². The quantitative estimate of drug-likeness (QED) is 0.882. The van der Waals surface area contributed by atoms with Crippen molar-refractivity contribution in [2.24, 2.45) is 5.16 Å². The van der Waals surface area contributed by atoms with Crippen LogP contribution in [0.4, 0.5) is 5.69 Å². The average Bonchev–Trinajstić information content (AvgIpc) is 3.17. The number of hydrogen-bond acceptors (Lipinski definition) is 4. The Bertz CT molecular complexity index is 731. The van der Waals surface area contributed by atoms with E-state index < -0.39 is 6.10 Å². The Hall–Kier alpha value is -2.82. The third kappa shape index (κ3) is 4.18. The molecule has 2 aromatic rings. The van der Waals surface area contributed by atoms with Gasteiger partial charge in [0.1, 0.15) is 0 Å². The summed E-state index contributed by atoms with van der Waals surface area (Å²) in [6.45, 7) is 2.62. The zero-order chi connectivity index (χ0) is 17.6. The number of benzene rings is 2. The Morgan fingerprint density at radius 2 is 1.84 bits per heavy atom. The fourth-order valence-corrected chi connectivity index (χ4v) is 2.74. The summed E-state index contributed by atoms with van der Waals surface area (Å²) in [5, 5.41) is 7.03. The van der Waals surface area contributed by atoms with Crippen molar-refractivity contribution in [3.05, 3.63) is 66.2 Å². The van der Waals surface area contributed by atoms with E-state index >= 15 is 0 Å². The lowest BCUT2D eigenvalue weighted by Crippen LogP contribution is -2.43. The highest BCUT2D eigenvalue weighted by molar-refractivity contribution is 6.04. The molecular weight excluding hydrogens is 314 g/mol. The van der Waals surface area contributed by atoms with Crippen molar-refractivity contribution < 1.29 is 9.63 Å². The summed E-state index contributed by atoms with van der Waals surface area (Å²) < 4.78 is 0. The summed E-state index contributed by atoms with van der Waals surface area (Å²) in [4.78, 5) is 19.8. The number of rotatable bonds is 6. The molecule has 25 heavy (non-hydrogen) atoms. The van der Waals surface area contributed by atoms with E-state index in [9.17, 15) is 4.79 Å². The Morgan fingerprint density at radius 3 is 2.52 bits per heavy atom. The Kier molecular flexibility index (Phi) is 5.33. The van der Waals surface area contributed by atoms with E-state index in [1.807, 2.05) is 55.6 Å². The van der Waals surface area contributed by atoms with Crippen LogP contribution in [0.2, 0.25) is 0 Å². The van der Waals surface area contributed by atoms with Crippen molar-refractivity contribution >= 4 is 17.3 Å². The number of carbonyl (C=O) groups excluding carboxylic acids is 1. The minimum Gasteiger partial charge on any atom is -0.382 e. The van der Waals surface area contributed by atoms with Crippen LogP contribution in [0.25, 0.3) is 0 Å². The number of likely N-dealkylation sites (N-methyl/N-ethyl adjacent to an activating group) is 1. The predicted molar refractivity (Wildman–Crippen MR) is 99.8 cm³/mol. The van der Waals surface area contributed by atoms with E-state index in [4.69, 9.17) is 4.84 Å². The molecule has 5 nitrogen and oxygen atoms in total. The summed E-state index contributed by atoms with van der Waals surface area (Å²) in [7, 11) is 2.02. The molecule has 0 fully saturated rings. The van der Waals surface area contributed by atoms with Gasteiger partial charge in [-0.25, -0.2) is 0 Å². The fourth-order valence-electron chi connectivity index (χ4n) is 2.74. The minimum absolute atomic E-state index is 0.122.